The van der Waals surface area contributed by atoms with E-state index in [4.69, 9.17) is 23.2 Å². The van der Waals surface area contributed by atoms with Crippen LogP contribution in [0.1, 0.15) is 40.0 Å². The SMILES string of the molecule is O=C(CN(C(=O)c1ccc(Cl)cc1Cl)N1C(=O)CCCC1=O)c1ccc(Br)cc1. The predicted molar refractivity (Wildman–Crippen MR) is 112 cm³/mol. The van der Waals surface area contributed by atoms with Crippen LogP contribution in [0.5, 0.6) is 0 Å². The number of hydrogen-bond donors (Lipinski definition) is 0. The molecule has 3 rings (SSSR count). The Morgan fingerprint density at radius 1 is 1.00 bits per heavy atom. The van der Waals surface area contributed by atoms with Crippen molar-refractivity contribution >= 4 is 62.6 Å². The Labute approximate surface area is 185 Å². The van der Waals surface area contributed by atoms with Crippen LogP contribution in [-0.2, 0) is 9.59 Å². The maximum absolute atomic E-state index is 13.2. The van der Waals surface area contributed by atoms with Gasteiger partial charge in [0.1, 0.15) is 6.54 Å². The lowest BCUT2D eigenvalue weighted by atomic mass is 10.1. The number of Topliss-reactive ketones (excluding diaryl/α,β-unsaturated/α-hetero) is 1. The smallest absolute Gasteiger partial charge is 0.274 e. The first-order valence-electron chi connectivity index (χ1n) is 8.69. The zero-order valence-electron chi connectivity index (χ0n) is 15.0. The Morgan fingerprint density at radius 3 is 2.21 bits per heavy atom. The number of carbonyl (C=O) groups is 4. The molecule has 0 atom stereocenters. The molecule has 1 fully saturated rings. The van der Waals surface area contributed by atoms with E-state index in [-0.39, 0.29) is 23.4 Å². The fourth-order valence-electron chi connectivity index (χ4n) is 2.91. The minimum absolute atomic E-state index is 0.0332. The molecule has 150 valence electrons. The van der Waals surface area contributed by atoms with Gasteiger partial charge < -0.3 is 0 Å². The molecule has 1 saturated heterocycles. The summed E-state index contributed by atoms with van der Waals surface area (Å²) in [4.78, 5) is 50.8. The Hall–Kier alpha value is -2.22. The van der Waals surface area contributed by atoms with Gasteiger partial charge in [0.25, 0.3) is 5.91 Å². The third kappa shape index (κ3) is 4.86. The Morgan fingerprint density at radius 2 is 1.62 bits per heavy atom. The summed E-state index contributed by atoms with van der Waals surface area (Å²) in [5.41, 5.74) is 0.371. The molecule has 6 nitrogen and oxygen atoms in total. The highest BCUT2D eigenvalue weighted by Gasteiger charge is 2.36. The van der Waals surface area contributed by atoms with Gasteiger partial charge in [-0.2, -0.15) is 5.01 Å². The van der Waals surface area contributed by atoms with E-state index in [1.165, 1.54) is 18.2 Å². The second-order valence-corrected chi connectivity index (χ2v) is 8.13. The van der Waals surface area contributed by atoms with E-state index in [1.807, 2.05) is 0 Å². The molecule has 0 unspecified atom stereocenters. The van der Waals surface area contributed by atoms with Gasteiger partial charge in [0.15, 0.2) is 5.78 Å². The van der Waals surface area contributed by atoms with Crippen molar-refractivity contribution in [3.8, 4) is 0 Å². The van der Waals surface area contributed by atoms with Crippen LogP contribution in [0, 0.1) is 0 Å². The van der Waals surface area contributed by atoms with Crippen LogP contribution in [0.15, 0.2) is 46.9 Å². The van der Waals surface area contributed by atoms with Gasteiger partial charge in [-0.3, -0.25) is 19.2 Å². The van der Waals surface area contributed by atoms with Crippen LogP contribution in [0.2, 0.25) is 10.0 Å². The Kier molecular flexibility index (Phi) is 6.72. The predicted octanol–water partition coefficient (Wildman–Crippen LogP) is 4.54. The lowest BCUT2D eigenvalue weighted by Gasteiger charge is -2.35. The molecule has 0 aromatic heterocycles. The maximum atomic E-state index is 13.2. The molecule has 2 aromatic carbocycles. The van der Waals surface area contributed by atoms with Crippen molar-refractivity contribution in [2.75, 3.05) is 6.54 Å². The molecule has 0 radical (unpaired) electrons. The van der Waals surface area contributed by atoms with Gasteiger partial charge in [-0.1, -0.05) is 51.3 Å². The molecule has 3 amide bonds. The largest absolute Gasteiger partial charge is 0.292 e. The summed E-state index contributed by atoms with van der Waals surface area (Å²) in [6, 6.07) is 10.8. The number of carbonyl (C=O) groups excluding carboxylic acids is 4. The van der Waals surface area contributed by atoms with E-state index < -0.39 is 30.0 Å². The number of hydrogen-bond acceptors (Lipinski definition) is 4. The van der Waals surface area contributed by atoms with E-state index in [1.54, 1.807) is 24.3 Å². The number of halogens is 3. The molecular formula is C20H15BrCl2N2O4. The summed E-state index contributed by atoms with van der Waals surface area (Å²) in [5.74, 6) is -2.24. The number of benzene rings is 2. The van der Waals surface area contributed by atoms with Crippen LogP contribution in [-0.4, -0.2) is 40.1 Å². The topological polar surface area (TPSA) is 74.8 Å². The molecule has 0 aliphatic carbocycles. The maximum Gasteiger partial charge on any atom is 0.274 e. The Balaban J connectivity index is 1.97. The van der Waals surface area contributed by atoms with Crippen molar-refractivity contribution in [3.05, 3.63) is 68.1 Å². The summed E-state index contributed by atoms with van der Waals surface area (Å²) in [5, 5.41) is 2.01. The van der Waals surface area contributed by atoms with Crippen LogP contribution in [0.4, 0.5) is 0 Å². The zero-order valence-corrected chi connectivity index (χ0v) is 18.1. The van der Waals surface area contributed by atoms with Crippen molar-refractivity contribution in [1.82, 2.24) is 10.0 Å². The molecule has 2 aromatic rings. The van der Waals surface area contributed by atoms with Crippen LogP contribution >= 0.6 is 39.1 Å². The fourth-order valence-corrected chi connectivity index (χ4v) is 3.66. The van der Waals surface area contributed by atoms with E-state index >= 15 is 0 Å². The fraction of sp³-hybridized carbons (Fsp3) is 0.200. The minimum Gasteiger partial charge on any atom is -0.292 e. The first-order valence-corrected chi connectivity index (χ1v) is 10.2. The van der Waals surface area contributed by atoms with Crippen molar-refractivity contribution in [2.24, 2.45) is 0 Å². The van der Waals surface area contributed by atoms with Gasteiger partial charge in [-0.15, -0.1) is 0 Å². The van der Waals surface area contributed by atoms with Gasteiger partial charge in [0.05, 0.1) is 10.6 Å². The lowest BCUT2D eigenvalue weighted by Crippen LogP contribution is -2.56. The number of imide groups is 1. The third-order valence-electron chi connectivity index (χ3n) is 4.35. The number of rotatable bonds is 5. The highest BCUT2D eigenvalue weighted by Crippen LogP contribution is 2.25. The monoisotopic (exact) mass is 496 g/mol. The first-order chi connectivity index (χ1) is 13.8. The van der Waals surface area contributed by atoms with Gasteiger partial charge in [0.2, 0.25) is 11.8 Å². The average Bonchev–Trinajstić information content (AvgIpc) is 2.67. The summed E-state index contributed by atoms with van der Waals surface area (Å²) in [7, 11) is 0. The number of nitrogens with zero attached hydrogens (tertiary/aromatic N) is 2. The van der Waals surface area contributed by atoms with Gasteiger partial charge in [-0.05, 0) is 36.8 Å². The molecule has 1 heterocycles. The van der Waals surface area contributed by atoms with Gasteiger partial charge in [-0.25, -0.2) is 5.01 Å². The van der Waals surface area contributed by atoms with Crippen molar-refractivity contribution in [2.45, 2.75) is 19.3 Å². The summed E-state index contributed by atoms with van der Waals surface area (Å²) in [6.07, 6.45) is 0.616. The van der Waals surface area contributed by atoms with E-state index in [2.05, 4.69) is 15.9 Å². The van der Waals surface area contributed by atoms with Crippen molar-refractivity contribution in [3.63, 3.8) is 0 Å². The quantitative estimate of drug-likeness (QED) is 0.449. The van der Waals surface area contributed by atoms with Gasteiger partial charge in [0, 0.05) is 27.9 Å². The number of amides is 3. The lowest BCUT2D eigenvalue weighted by molar-refractivity contribution is -0.162. The molecule has 0 saturated carbocycles. The minimum atomic E-state index is -0.735. The third-order valence-corrected chi connectivity index (χ3v) is 5.43. The van der Waals surface area contributed by atoms with E-state index in [0.717, 1.165) is 14.5 Å². The molecule has 9 heteroatoms. The van der Waals surface area contributed by atoms with Crippen molar-refractivity contribution < 1.29 is 19.2 Å². The van der Waals surface area contributed by atoms with E-state index in [0.29, 0.717) is 17.0 Å². The van der Waals surface area contributed by atoms with Crippen molar-refractivity contribution in [1.29, 1.82) is 0 Å². The van der Waals surface area contributed by atoms with Crippen LogP contribution < -0.4 is 0 Å². The standard InChI is InChI=1S/C20H15BrCl2N2O4/c21-13-6-4-12(5-7-13)17(26)11-24(25-18(27)2-1-3-19(25)28)20(29)15-9-8-14(22)10-16(15)23/h4-10H,1-3,11H2. The van der Waals surface area contributed by atoms with Crippen LogP contribution in [0.25, 0.3) is 0 Å². The summed E-state index contributed by atoms with van der Waals surface area (Å²) < 4.78 is 0.788. The number of hydrazine groups is 1. The number of ketones is 1. The first kappa shape index (κ1) is 21.5. The number of piperidine rings is 1. The van der Waals surface area contributed by atoms with Gasteiger partial charge >= 0.3 is 0 Å². The zero-order chi connectivity index (χ0) is 21.1. The molecule has 29 heavy (non-hydrogen) atoms. The second-order valence-electron chi connectivity index (χ2n) is 6.37. The molecular weight excluding hydrogens is 483 g/mol. The summed E-state index contributed by atoms with van der Waals surface area (Å²) >= 11 is 15.3. The second kappa shape index (κ2) is 9.07. The molecule has 1 aliphatic heterocycles. The average molecular weight is 498 g/mol. The Bertz CT molecular complexity index is 978. The van der Waals surface area contributed by atoms with E-state index in [9.17, 15) is 19.2 Å². The highest BCUT2D eigenvalue weighted by molar-refractivity contribution is 9.10. The summed E-state index contributed by atoms with van der Waals surface area (Å²) in [6.45, 7) is -0.489. The molecule has 0 N–H and O–H groups in total. The normalized spacial score (nSPS) is 14.1. The molecule has 1 aliphatic rings. The molecule has 0 bridgehead atoms. The van der Waals surface area contributed by atoms with Crippen LogP contribution in [0.3, 0.4) is 0 Å². The highest BCUT2D eigenvalue weighted by atomic mass is 79.9. The molecule has 0 spiro atoms.